The quantitative estimate of drug-likeness (QED) is 0.454. The Morgan fingerprint density at radius 3 is 1.70 bits per heavy atom. The summed E-state index contributed by atoms with van der Waals surface area (Å²) in [6.07, 6.45) is -11.0. The molecule has 2 aliphatic heterocycles. The fourth-order valence-corrected chi connectivity index (χ4v) is 4.71. The summed E-state index contributed by atoms with van der Waals surface area (Å²) < 4.78 is 86.6. The molecule has 2 fully saturated rings. The highest BCUT2D eigenvalue weighted by atomic mass is 19.4. The molecule has 0 saturated carbocycles. The van der Waals surface area contributed by atoms with Gasteiger partial charge in [-0.25, -0.2) is 0 Å². The van der Waals surface area contributed by atoms with E-state index in [0.717, 1.165) is 24.3 Å². The number of alkyl halides is 6. The molecule has 0 aliphatic carbocycles. The van der Waals surface area contributed by atoms with Gasteiger partial charge < -0.3 is 26.0 Å². The molecule has 0 radical (unpaired) electrons. The minimum Gasteiger partial charge on any atom is -0.399 e. The van der Waals surface area contributed by atoms with Crippen molar-refractivity contribution in [1.29, 1.82) is 0 Å². The van der Waals surface area contributed by atoms with E-state index in [1.807, 2.05) is 0 Å². The normalized spacial score (nSPS) is 20.2. The lowest BCUT2D eigenvalue weighted by Gasteiger charge is -2.46. The predicted octanol–water partition coefficient (Wildman–Crippen LogP) is 3.87. The summed E-state index contributed by atoms with van der Waals surface area (Å²) in [4.78, 5) is 28.8. The Kier molecular flexibility index (Phi) is 6.55. The Morgan fingerprint density at radius 1 is 0.730 bits per heavy atom. The number of carbonyl (C=O) groups excluding carboxylic acids is 2. The van der Waals surface area contributed by atoms with Gasteiger partial charge in [-0.3, -0.25) is 9.59 Å². The zero-order valence-electron chi connectivity index (χ0n) is 19.8. The number of hydrogen-bond donors (Lipinski definition) is 2. The van der Waals surface area contributed by atoms with E-state index < -0.39 is 58.8 Å². The Labute approximate surface area is 207 Å². The second-order valence-corrected chi connectivity index (χ2v) is 9.30. The van der Waals surface area contributed by atoms with Crippen LogP contribution in [0.25, 0.3) is 0 Å². The first kappa shape index (κ1) is 26.6. The first-order valence-electron chi connectivity index (χ1n) is 11.2. The van der Waals surface area contributed by atoms with Crippen LogP contribution in [0.4, 0.5) is 37.7 Å². The lowest BCUT2D eigenvalue weighted by Crippen LogP contribution is -2.61. The SMILES string of the molecule is Cc1cc(C(=O)N2C[C@H]3CN(C(=O)c4cc(C(F)(F)F)c(N)cc4C)C[C@@H](C2)O3)c(C(F)(F)F)cc1N. The molecule has 37 heavy (non-hydrogen) atoms. The van der Waals surface area contributed by atoms with Crippen LogP contribution < -0.4 is 11.5 Å². The van der Waals surface area contributed by atoms with E-state index in [4.69, 9.17) is 16.2 Å². The van der Waals surface area contributed by atoms with Gasteiger partial charge in [0.2, 0.25) is 0 Å². The molecule has 2 bridgehead atoms. The molecule has 2 atom stereocenters. The molecule has 2 aromatic carbocycles. The number of halogens is 6. The third kappa shape index (κ3) is 5.17. The minimum absolute atomic E-state index is 0.0584. The number of nitrogen functional groups attached to an aromatic ring is 2. The number of hydrogen-bond acceptors (Lipinski definition) is 5. The van der Waals surface area contributed by atoms with E-state index in [9.17, 15) is 35.9 Å². The van der Waals surface area contributed by atoms with Crippen molar-refractivity contribution in [2.75, 3.05) is 37.6 Å². The van der Waals surface area contributed by atoms with Gasteiger partial charge in [0, 0.05) is 43.1 Å². The number of nitrogens with zero attached hydrogens (tertiary/aromatic N) is 2. The number of rotatable bonds is 2. The number of carbonyl (C=O) groups is 2. The van der Waals surface area contributed by atoms with Gasteiger partial charge in [-0.1, -0.05) is 0 Å². The Hall–Kier alpha value is -3.48. The van der Waals surface area contributed by atoms with Crippen molar-refractivity contribution in [1.82, 2.24) is 9.80 Å². The highest BCUT2D eigenvalue weighted by Gasteiger charge is 2.42. The first-order valence-corrected chi connectivity index (χ1v) is 11.2. The smallest absolute Gasteiger partial charge is 0.399 e. The van der Waals surface area contributed by atoms with Crippen LogP contribution >= 0.6 is 0 Å². The molecule has 4 rings (SSSR count). The van der Waals surface area contributed by atoms with Crippen molar-refractivity contribution in [3.63, 3.8) is 0 Å². The largest absolute Gasteiger partial charge is 0.418 e. The summed E-state index contributed by atoms with van der Waals surface area (Å²) in [5.74, 6) is -1.51. The lowest BCUT2D eigenvalue weighted by molar-refractivity contribution is -0.138. The van der Waals surface area contributed by atoms with Gasteiger partial charge in [-0.2, -0.15) is 26.3 Å². The van der Waals surface area contributed by atoms with E-state index in [0.29, 0.717) is 5.56 Å². The average molecular weight is 530 g/mol. The van der Waals surface area contributed by atoms with Gasteiger partial charge >= 0.3 is 12.4 Å². The van der Waals surface area contributed by atoms with Crippen molar-refractivity contribution in [2.24, 2.45) is 0 Å². The fraction of sp³-hybridized carbons (Fsp3) is 0.417. The van der Waals surface area contributed by atoms with Crippen LogP contribution in [-0.4, -0.2) is 60.0 Å². The monoisotopic (exact) mass is 530 g/mol. The van der Waals surface area contributed by atoms with Gasteiger partial charge in [0.05, 0.1) is 28.9 Å². The van der Waals surface area contributed by atoms with Gasteiger partial charge in [0.25, 0.3) is 11.8 Å². The predicted molar refractivity (Wildman–Crippen MR) is 122 cm³/mol. The van der Waals surface area contributed by atoms with Gasteiger partial charge in [0.15, 0.2) is 0 Å². The standard InChI is InChI=1S/C24H24F6N4O3/c1-11-4-20(32)18(24(28,29)30)5-15(11)21(35)33-7-13-9-34(10-14(8-33)37-13)22(36)16-3-12(2)19(31)6-17(16)23(25,26)27/h3-6,13-14H,7-10,31-32H2,1-2H3/t13-,14+. The Morgan fingerprint density at radius 2 is 1.22 bits per heavy atom. The van der Waals surface area contributed by atoms with Gasteiger partial charge in [-0.05, 0) is 49.2 Å². The Bertz CT molecular complexity index is 1250. The van der Waals surface area contributed by atoms with Crippen LogP contribution in [0, 0.1) is 13.8 Å². The molecular formula is C24H24F6N4O3. The second-order valence-electron chi connectivity index (χ2n) is 9.30. The van der Waals surface area contributed by atoms with Gasteiger partial charge in [-0.15, -0.1) is 0 Å². The summed E-state index contributed by atoms with van der Waals surface area (Å²) in [6, 6.07) is 3.64. The Balaban J connectivity index is 1.55. The molecule has 2 aromatic rings. The molecular weight excluding hydrogens is 506 g/mol. The maximum Gasteiger partial charge on any atom is 0.418 e. The number of benzene rings is 2. The molecule has 0 spiro atoms. The van der Waals surface area contributed by atoms with Crippen LogP contribution in [0.1, 0.15) is 43.0 Å². The van der Waals surface area contributed by atoms with Crippen LogP contribution in [0.5, 0.6) is 0 Å². The molecule has 13 heteroatoms. The summed E-state index contributed by atoms with van der Waals surface area (Å²) in [7, 11) is 0. The number of morpholine rings is 2. The number of anilines is 2. The molecule has 2 heterocycles. The van der Waals surface area contributed by atoms with E-state index in [-0.39, 0.29) is 43.0 Å². The number of fused-ring (bicyclic) bond motifs is 2. The number of nitrogens with two attached hydrogens (primary N) is 2. The highest BCUT2D eigenvalue weighted by molar-refractivity contribution is 5.98. The van der Waals surface area contributed by atoms with Crippen LogP contribution in [0.2, 0.25) is 0 Å². The maximum absolute atomic E-state index is 13.6. The second kappa shape index (κ2) is 9.12. The highest BCUT2D eigenvalue weighted by Crippen LogP contribution is 2.37. The first-order chi connectivity index (χ1) is 17.1. The molecule has 2 amide bonds. The van der Waals surface area contributed by atoms with E-state index in [1.54, 1.807) is 0 Å². The third-order valence-electron chi connectivity index (χ3n) is 6.53. The molecule has 0 aromatic heterocycles. The van der Waals surface area contributed by atoms with E-state index >= 15 is 0 Å². The lowest BCUT2D eigenvalue weighted by atomic mass is 9.99. The number of aryl methyl sites for hydroxylation is 2. The van der Waals surface area contributed by atoms with Gasteiger partial charge in [0.1, 0.15) is 0 Å². The maximum atomic E-state index is 13.6. The molecule has 7 nitrogen and oxygen atoms in total. The van der Waals surface area contributed by atoms with E-state index in [1.165, 1.54) is 23.6 Å². The van der Waals surface area contributed by atoms with Crippen LogP contribution in [0.3, 0.4) is 0 Å². The zero-order chi connectivity index (χ0) is 27.4. The fourth-order valence-electron chi connectivity index (χ4n) is 4.71. The van der Waals surface area contributed by atoms with Crippen LogP contribution in [0.15, 0.2) is 24.3 Å². The molecule has 2 aliphatic rings. The van der Waals surface area contributed by atoms with Crippen molar-refractivity contribution >= 4 is 23.2 Å². The van der Waals surface area contributed by atoms with Crippen molar-refractivity contribution in [2.45, 2.75) is 38.4 Å². The topological polar surface area (TPSA) is 102 Å². The van der Waals surface area contributed by atoms with Crippen molar-refractivity contribution in [3.8, 4) is 0 Å². The third-order valence-corrected chi connectivity index (χ3v) is 6.53. The number of ether oxygens (including phenoxy) is 1. The zero-order valence-corrected chi connectivity index (χ0v) is 19.8. The minimum atomic E-state index is -4.80. The van der Waals surface area contributed by atoms with Crippen molar-refractivity contribution < 1.29 is 40.7 Å². The molecule has 0 unspecified atom stereocenters. The summed E-state index contributed by atoms with van der Waals surface area (Å²) in [6.45, 7) is 2.64. The summed E-state index contributed by atoms with van der Waals surface area (Å²) in [5.41, 5.74) is 8.16. The molecule has 4 N–H and O–H groups in total. The van der Waals surface area contributed by atoms with E-state index in [2.05, 4.69) is 0 Å². The summed E-state index contributed by atoms with van der Waals surface area (Å²) >= 11 is 0. The average Bonchev–Trinajstić information content (AvgIpc) is 2.77. The van der Waals surface area contributed by atoms with Crippen molar-refractivity contribution in [3.05, 3.63) is 57.6 Å². The summed E-state index contributed by atoms with van der Waals surface area (Å²) in [5, 5.41) is 0. The molecule has 2 saturated heterocycles. The molecule has 200 valence electrons. The van der Waals surface area contributed by atoms with Crippen LogP contribution in [-0.2, 0) is 17.1 Å². The number of amides is 2.